The molecule has 0 aliphatic carbocycles. The van der Waals surface area contributed by atoms with Gasteiger partial charge in [0, 0.05) is 13.2 Å². The van der Waals surface area contributed by atoms with Crippen LogP contribution < -0.4 is 10.1 Å². The van der Waals surface area contributed by atoms with Crippen LogP contribution in [-0.2, 0) is 11.3 Å². The number of hydrogen-bond donors (Lipinski definition) is 1. The molecule has 0 bridgehead atoms. The van der Waals surface area contributed by atoms with Crippen molar-refractivity contribution in [3.63, 3.8) is 0 Å². The van der Waals surface area contributed by atoms with E-state index < -0.39 is 6.36 Å². The predicted molar refractivity (Wildman–Crippen MR) is 75.2 cm³/mol. The Balaban J connectivity index is 2.15. The highest BCUT2D eigenvalue weighted by Crippen LogP contribution is 2.22. The molecule has 0 fully saturated rings. The summed E-state index contributed by atoms with van der Waals surface area (Å²) in [4.78, 5) is 0. The molecule has 1 aromatic carbocycles. The quantitative estimate of drug-likeness (QED) is 0.702. The summed E-state index contributed by atoms with van der Waals surface area (Å²) in [5, 5.41) is 3.24. The van der Waals surface area contributed by atoms with Crippen LogP contribution in [-0.4, -0.2) is 25.6 Å². The van der Waals surface area contributed by atoms with Crippen LogP contribution in [0.2, 0.25) is 0 Å². The van der Waals surface area contributed by atoms with Crippen molar-refractivity contribution in [1.29, 1.82) is 0 Å². The Morgan fingerprint density at radius 3 is 2.33 bits per heavy atom. The van der Waals surface area contributed by atoms with Gasteiger partial charge in [-0.2, -0.15) is 0 Å². The number of halogens is 3. The number of hydrogen-bond acceptors (Lipinski definition) is 3. The van der Waals surface area contributed by atoms with Crippen molar-refractivity contribution in [2.24, 2.45) is 0 Å². The molecular formula is C15H22F3NO2. The number of benzene rings is 1. The van der Waals surface area contributed by atoms with Gasteiger partial charge in [-0.25, -0.2) is 0 Å². The van der Waals surface area contributed by atoms with Crippen LogP contribution in [0.15, 0.2) is 24.3 Å². The van der Waals surface area contributed by atoms with E-state index in [1.54, 1.807) is 12.1 Å². The van der Waals surface area contributed by atoms with Gasteiger partial charge in [0.15, 0.2) is 0 Å². The zero-order chi connectivity index (χ0) is 15.7. The van der Waals surface area contributed by atoms with Crippen molar-refractivity contribution in [3.05, 3.63) is 29.8 Å². The number of rotatable bonds is 9. The third kappa shape index (κ3) is 9.31. The Labute approximate surface area is 123 Å². The van der Waals surface area contributed by atoms with E-state index in [1.807, 2.05) is 13.8 Å². The smallest absolute Gasteiger partial charge is 0.406 e. The average molecular weight is 305 g/mol. The van der Waals surface area contributed by atoms with E-state index in [-0.39, 0.29) is 11.9 Å². The van der Waals surface area contributed by atoms with Crippen LogP contribution in [0.4, 0.5) is 13.2 Å². The molecule has 6 heteroatoms. The van der Waals surface area contributed by atoms with Gasteiger partial charge in [-0.3, -0.25) is 0 Å². The van der Waals surface area contributed by atoms with E-state index in [0.717, 1.165) is 31.6 Å². The monoisotopic (exact) mass is 305 g/mol. The van der Waals surface area contributed by atoms with E-state index in [0.29, 0.717) is 6.54 Å². The highest BCUT2D eigenvalue weighted by Gasteiger charge is 2.30. The van der Waals surface area contributed by atoms with Gasteiger partial charge >= 0.3 is 6.36 Å². The Kier molecular flexibility index (Phi) is 7.53. The van der Waals surface area contributed by atoms with Gasteiger partial charge in [-0.05, 0) is 50.9 Å². The third-order valence-electron chi connectivity index (χ3n) is 2.69. The molecule has 0 unspecified atom stereocenters. The van der Waals surface area contributed by atoms with Crippen LogP contribution in [0.1, 0.15) is 32.3 Å². The van der Waals surface area contributed by atoms with E-state index in [4.69, 9.17) is 4.74 Å². The molecule has 0 spiro atoms. The third-order valence-corrected chi connectivity index (χ3v) is 2.69. The van der Waals surface area contributed by atoms with Gasteiger partial charge in [0.25, 0.3) is 0 Å². The summed E-state index contributed by atoms with van der Waals surface area (Å²) in [5.74, 6) is -0.197. The summed E-state index contributed by atoms with van der Waals surface area (Å²) < 4.78 is 45.2. The van der Waals surface area contributed by atoms with Crippen molar-refractivity contribution in [1.82, 2.24) is 5.32 Å². The lowest BCUT2D eigenvalue weighted by molar-refractivity contribution is -0.274. The van der Waals surface area contributed by atoms with E-state index in [1.165, 1.54) is 12.1 Å². The van der Waals surface area contributed by atoms with Crippen molar-refractivity contribution < 1.29 is 22.6 Å². The molecule has 0 aliphatic rings. The van der Waals surface area contributed by atoms with Gasteiger partial charge in [0.05, 0.1) is 6.10 Å². The fourth-order valence-electron chi connectivity index (χ4n) is 1.71. The maximum absolute atomic E-state index is 12.0. The number of alkyl halides is 3. The molecule has 3 nitrogen and oxygen atoms in total. The predicted octanol–water partition coefficient (Wildman–Crippen LogP) is 3.88. The Hall–Kier alpha value is -1.27. The summed E-state index contributed by atoms with van der Waals surface area (Å²) in [6, 6.07) is 5.88. The van der Waals surface area contributed by atoms with Crippen LogP contribution in [0.3, 0.4) is 0 Å². The average Bonchev–Trinajstić information content (AvgIpc) is 2.37. The minimum Gasteiger partial charge on any atom is -0.406 e. The summed E-state index contributed by atoms with van der Waals surface area (Å²) >= 11 is 0. The Bertz CT molecular complexity index is 391. The number of nitrogens with one attached hydrogen (secondary N) is 1. The molecule has 0 radical (unpaired) electrons. The molecule has 0 heterocycles. The molecule has 0 saturated heterocycles. The second kappa shape index (κ2) is 8.89. The zero-order valence-electron chi connectivity index (χ0n) is 12.4. The lowest BCUT2D eigenvalue weighted by atomic mass is 10.2. The summed E-state index contributed by atoms with van der Waals surface area (Å²) in [7, 11) is 0. The van der Waals surface area contributed by atoms with Crippen molar-refractivity contribution >= 4 is 0 Å². The van der Waals surface area contributed by atoms with Gasteiger partial charge in [-0.1, -0.05) is 12.1 Å². The minimum absolute atomic E-state index is 0.197. The SMILES string of the molecule is CC(C)OCCCCNCc1ccc(OC(F)(F)F)cc1. The second-order valence-corrected chi connectivity index (χ2v) is 5.00. The summed E-state index contributed by atoms with van der Waals surface area (Å²) in [6.45, 7) is 6.23. The highest BCUT2D eigenvalue weighted by atomic mass is 19.4. The summed E-state index contributed by atoms with van der Waals surface area (Å²) in [6.07, 6.45) is -2.39. The van der Waals surface area contributed by atoms with Crippen LogP contribution in [0.5, 0.6) is 5.75 Å². The minimum atomic E-state index is -4.64. The van der Waals surface area contributed by atoms with E-state index in [9.17, 15) is 13.2 Å². The fraction of sp³-hybridized carbons (Fsp3) is 0.600. The first-order valence-electron chi connectivity index (χ1n) is 7.04. The number of ether oxygens (including phenoxy) is 2. The normalized spacial score (nSPS) is 11.9. The maximum atomic E-state index is 12.0. The molecule has 0 atom stereocenters. The maximum Gasteiger partial charge on any atom is 0.573 e. The molecule has 1 N–H and O–H groups in total. The van der Waals surface area contributed by atoms with Gasteiger partial charge in [-0.15, -0.1) is 13.2 Å². The lowest BCUT2D eigenvalue weighted by Crippen LogP contribution is -2.17. The molecule has 0 aliphatic heterocycles. The number of unbranched alkanes of at least 4 members (excludes halogenated alkanes) is 1. The first-order valence-corrected chi connectivity index (χ1v) is 7.04. The highest BCUT2D eigenvalue weighted by molar-refractivity contribution is 5.27. The van der Waals surface area contributed by atoms with Crippen LogP contribution in [0, 0.1) is 0 Å². The summed E-state index contributed by atoms with van der Waals surface area (Å²) in [5.41, 5.74) is 0.919. The van der Waals surface area contributed by atoms with E-state index in [2.05, 4.69) is 10.1 Å². The molecule has 0 saturated carbocycles. The second-order valence-electron chi connectivity index (χ2n) is 5.00. The lowest BCUT2D eigenvalue weighted by Gasteiger charge is -2.10. The zero-order valence-corrected chi connectivity index (χ0v) is 12.4. The Morgan fingerprint density at radius 1 is 1.10 bits per heavy atom. The molecule has 120 valence electrons. The molecule has 0 aromatic heterocycles. The molecule has 1 aromatic rings. The van der Waals surface area contributed by atoms with Crippen LogP contribution >= 0.6 is 0 Å². The van der Waals surface area contributed by atoms with Gasteiger partial charge < -0.3 is 14.8 Å². The van der Waals surface area contributed by atoms with Crippen LogP contribution in [0.25, 0.3) is 0 Å². The van der Waals surface area contributed by atoms with Crippen molar-refractivity contribution in [2.45, 2.75) is 45.7 Å². The standard InChI is InChI=1S/C15H22F3NO2/c1-12(2)20-10-4-3-9-19-11-13-5-7-14(8-6-13)21-15(16,17)18/h5-8,12,19H,3-4,9-11H2,1-2H3. The van der Waals surface area contributed by atoms with Crippen molar-refractivity contribution in [2.75, 3.05) is 13.2 Å². The molecule has 1 rings (SSSR count). The van der Waals surface area contributed by atoms with E-state index >= 15 is 0 Å². The topological polar surface area (TPSA) is 30.5 Å². The molecular weight excluding hydrogens is 283 g/mol. The first kappa shape index (κ1) is 17.8. The first-order chi connectivity index (χ1) is 9.87. The Morgan fingerprint density at radius 2 is 1.76 bits per heavy atom. The van der Waals surface area contributed by atoms with Crippen molar-refractivity contribution in [3.8, 4) is 5.75 Å². The van der Waals surface area contributed by atoms with Gasteiger partial charge in [0.1, 0.15) is 5.75 Å². The molecule has 0 amide bonds. The largest absolute Gasteiger partial charge is 0.573 e. The van der Waals surface area contributed by atoms with Gasteiger partial charge in [0.2, 0.25) is 0 Å². The fourth-order valence-corrected chi connectivity index (χ4v) is 1.71. The molecule has 21 heavy (non-hydrogen) atoms.